The van der Waals surface area contributed by atoms with Gasteiger partial charge in [-0.15, -0.1) is 0 Å². The van der Waals surface area contributed by atoms with Crippen LogP contribution < -0.4 is 5.32 Å². The average Bonchev–Trinajstić information content (AvgIpc) is 2.21. The molecule has 2 amide bonds. The fraction of sp³-hybridized carbons (Fsp3) is 0.857. The Bertz CT molecular complexity index is 358. The Morgan fingerprint density at radius 1 is 1.32 bits per heavy atom. The van der Waals surface area contributed by atoms with Gasteiger partial charge in [0.25, 0.3) is 0 Å². The van der Waals surface area contributed by atoms with Crippen molar-refractivity contribution in [2.45, 2.75) is 53.5 Å². The quantitative estimate of drug-likeness (QED) is 0.809. The third-order valence-corrected chi connectivity index (χ3v) is 3.57. The van der Waals surface area contributed by atoms with Crippen molar-refractivity contribution in [3.05, 3.63) is 0 Å². The number of hydrogen-bond donors (Lipinski definition) is 2. The van der Waals surface area contributed by atoms with Crippen LogP contribution in [0.2, 0.25) is 0 Å². The van der Waals surface area contributed by atoms with Crippen LogP contribution in [0.1, 0.15) is 47.5 Å². The van der Waals surface area contributed by atoms with E-state index in [4.69, 9.17) is 0 Å². The van der Waals surface area contributed by atoms with Crippen molar-refractivity contribution >= 4 is 12.0 Å². The number of rotatable bonds is 2. The maximum atomic E-state index is 12.2. The van der Waals surface area contributed by atoms with E-state index >= 15 is 0 Å². The minimum atomic E-state index is -0.989. The summed E-state index contributed by atoms with van der Waals surface area (Å²) in [6.45, 7) is 11.1. The molecule has 5 nitrogen and oxygen atoms in total. The fourth-order valence-corrected chi connectivity index (χ4v) is 2.46. The van der Waals surface area contributed by atoms with Gasteiger partial charge in [0.05, 0.1) is 0 Å². The molecule has 1 aliphatic rings. The Morgan fingerprint density at radius 3 is 2.32 bits per heavy atom. The van der Waals surface area contributed by atoms with Gasteiger partial charge < -0.3 is 15.3 Å². The van der Waals surface area contributed by atoms with Crippen LogP contribution in [-0.2, 0) is 4.79 Å². The van der Waals surface area contributed by atoms with Crippen LogP contribution in [0.4, 0.5) is 4.79 Å². The molecule has 0 saturated carbocycles. The summed E-state index contributed by atoms with van der Waals surface area (Å²) >= 11 is 0. The van der Waals surface area contributed by atoms with Crippen molar-refractivity contribution in [2.24, 2.45) is 10.8 Å². The number of likely N-dealkylation sites (tertiary alicyclic amines) is 1. The summed E-state index contributed by atoms with van der Waals surface area (Å²) in [7, 11) is 0. The van der Waals surface area contributed by atoms with Crippen molar-refractivity contribution in [2.75, 3.05) is 13.1 Å². The predicted molar refractivity (Wildman–Crippen MR) is 74.0 cm³/mol. The first-order chi connectivity index (χ1) is 8.53. The number of piperidine rings is 1. The van der Waals surface area contributed by atoms with Gasteiger partial charge in [0, 0.05) is 13.1 Å². The van der Waals surface area contributed by atoms with Crippen molar-refractivity contribution in [3.8, 4) is 0 Å². The second-order valence-electron chi connectivity index (χ2n) is 7.28. The highest BCUT2D eigenvalue weighted by atomic mass is 16.4. The van der Waals surface area contributed by atoms with Crippen LogP contribution in [0.25, 0.3) is 0 Å². The maximum Gasteiger partial charge on any atom is 0.326 e. The molecule has 0 aliphatic carbocycles. The molecular weight excluding hydrogens is 244 g/mol. The summed E-state index contributed by atoms with van der Waals surface area (Å²) in [5.41, 5.74) is -0.400. The first-order valence-electron chi connectivity index (χ1n) is 6.81. The molecular formula is C14H26N2O3. The van der Waals surface area contributed by atoms with Crippen molar-refractivity contribution < 1.29 is 14.7 Å². The lowest BCUT2D eigenvalue weighted by Gasteiger charge is -2.39. The van der Waals surface area contributed by atoms with Gasteiger partial charge >= 0.3 is 12.0 Å². The van der Waals surface area contributed by atoms with Gasteiger partial charge in [-0.3, -0.25) is 0 Å². The van der Waals surface area contributed by atoms with Crippen LogP contribution >= 0.6 is 0 Å². The zero-order valence-electron chi connectivity index (χ0n) is 12.6. The number of carbonyl (C=O) groups excluding carboxylic acids is 1. The number of amides is 2. The van der Waals surface area contributed by atoms with Crippen LogP contribution in [-0.4, -0.2) is 41.1 Å². The molecule has 0 aromatic heterocycles. The highest BCUT2D eigenvalue weighted by Crippen LogP contribution is 2.28. The van der Waals surface area contributed by atoms with Crippen molar-refractivity contribution in [3.63, 3.8) is 0 Å². The van der Waals surface area contributed by atoms with E-state index in [1.807, 2.05) is 20.8 Å². The first kappa shape index (κ1) is 15.8. The molecule has 1 saturated heterocycles. The summed E-state index contributed by atoms with van der Waals surface area (Å²) in [6.07, 6.45) is 2.06. The molecule has 1 heterocycles. The minimum Gasteiger partial charge on any atom is -0.480 e. The van der Waals surface area contributed by atoms with Gasteiger partial charge in [0.1, 0.15) is 6.04 Å². The van der Waals surface area contributed by atoms with E-state index in [0.29, 0.717) is 13.1 Å². The monoisotopic (exact) mass is 270 g/mol. The number of nitrogens with zero attached hydrogens (tertiary/aromatic N) is 1. The SMILES string of the molecule is CC1(C)CCCN(C(=O)NC(C(=O)O)C(C)(C)C)C1. The smallest absolute Gasteiger partial charge is 0.326 e. The third-order valence-electron chi connectivity index (χ3n) is 3.57. The van der Waals surface area contributed by atoms with E-state index in [1.54, 1.807) is 4.90 Å². The minimum absolute atomic E-state index is 0.107. The zero-order valence-corrected chi connectivity index (χ0v) is 12.6. The van der Waals surface area contributed by atoms with Crippen LogP contribution in [0.15, 0.2) is 0 Å². The maximum absolute atomic E-state index is 12.2. The normalized spacial score (nSPS) is 20.8. The van der Waals surface area contributed by atoms with Crippen LogP contribution in [0.5, 0.6) is 0 Å². The first-order valence-corrected chi connectivity index (χ1v) is 6.81. The Balaban J connectivity index is 2.70. The van der Waals surface area contributed by atoms with E-state index in [0.717, 1.165) is 12.8 Å². The summed E-state index contributed by atoms with van der Waals surface area (Å²) in [5.74, 6) is -0.989. The van der Waals surface area contributed by atoms with E-state index in [2.05, 4.69) is 19.2 Å². The predicted octanol–water partition coefficient (Wildman–Crippen LogP) is 2.32. The summed E-state index contributed by atoms with van der Waals surface area (Å²) in [6, 6.07) is -1.14. The Morgan fingerprint density at radius 2 is 1.89 bits per heavy atom. The number of aliphatic carboxylic acids is 1. The molecule has 1 rings (SSSR count). The number of urea groups is 1. The second kappa shape index (κ2) is 5.39. The molecule has 1 atom stereocenters. The zero-order chi connectivity index (χ0) is 14.8. The van der Waals surface area contributed by atoms with Crippen LogP contribution in [0.3, 0.4) is 0 Å². The van der Waals surface area contributed by atoms with Crippen LogP contribution in [0, 0.1) is 10.8 Å². The molecule has 5 heteroatoms. The molecule has 1 fully saturated rings. The molecule has 19 heavy (non-hydrogen) atoms. The van der Waals surface area contributed by atoms with E-state index in [-0.39, 0.29) is 11.4 Å². The number of carboxylic acid groups (broad SMARTS) is 1. The number of carbonyl (C=O) groups is 2. The van der Waals surface area contributed by atoms with Gasteiger partial charge in [-0.05, 0) is 23.7 Å². The van der Waals surface area contributed by atoms with Gasteiger partial charge in [0.15, 0.2) is 0 Å². The summed E-state index contributed by atoms with van der Waals surface area (Å²) in [5, 5.41) is 11.9. The van der Waals surface area contributed by atoms with E-state index in [9.17, 15) is 14.7 Å². The Labute approximate surface area is 115 Å². The lowest BCUT2D eigenvalue weighted by atomic mass is 9.84. The van der Waals surface area contributed by atoms with Crippen molar-refractivity contribution in [1.82, 2.24) is 10.2 Å². The third kappa shape index (κ3) is 4.40. The van der Waals surface area contributed by atoms with Gasteiger partial charge in [-0.25, -0.2) is 9.59 Å². The lowest BCUT2D eigenvalue weighted by molar-refractivity contribution is -0.142. The molecule has 0 aromatic rings. The largest absolute Gasteiger partial charge is 0.480 e. The van der Waals surface area contributed by atoms with Gasteiger partial charge in [-0.1, -0.05) is 34.6 Å². The molecule has 2 N–H and O–H groups in total. The summed E-state index contributed by atoms with van der Waals surface area (Å²) in [4.78, 5) is 25.2. The lowest BCUT2D eigenvalue weighted by Crippen LogP contribution is -2.55. The Kier molecular flexibility index (Phi) is 4.48. The standard InChI is InChI=1S/C14H26N2O3/c1-13(2,3)10(11(17)18)15-12(19)16-8-6-7-14(4,5)9-16/h10H,6-9H2,1-5H3,(H,15,19)(H,17,18). The van der Waals surface area contributed by atoms with E-state index in [1.165, 1.54) is 0 Å². The average molecular weight is 270 g/mol. The molecule has 110 valence electrons. The molecule has 0 aromatic carbocycles. The number of nitrogens with one attached hydrogen (secondary N) is 1. The van der Waals surface area contributed by atoms with E-state index < -0.39 is 17.4 Å². The van der Waals surface area contributed by atoms with Gasteiger partial charge in [-0.2, -0.15) is 0 Å². The molecule has 0 radical (unpaired) electrons. The summed E-state index contributed by atoms with van der Waals surface area (Å²) < 4.78 is 0. The molecule has 0 spiro atoms. The molecule has 0 bridgehead atoms. The molecule has 1 aliphatic heterocycles. The molecule has 1 unspecified atom stereocenters. The second-order valence-corrected chi connectivity index (χ2v) is 7.28. The Hall–Kier alpha value is -1.26. The van der Waals surface area contributed by atoms with Crippen molar-refractivity contribution in [1.29, 1.82) is 0 Å². The highest BCUT2D eigenvalue weighted by Gasteiger charge is 2.35. The fourth-order valence-electron chi connectivity index (χ4n) is 2.46. The topological polar surface area (TPSA) is 69.6 Å². The number of hydrogen-bond acceptors (Lipinski definition) is 2. The highest BCUT2D eigenvalue weighted by molar-refractivity contribution is 5.83. The number of carboxylic acids is 1. The van der Waals surface area contributed by atoms with Gasteiger partial charge in [0.2, 0.25) is 0 Å².